The number of hydrogen-bond acceptors (Lipinski definition) is 3. The molecule has 0 spiro atoms. The highest BCUT2D eigenvalue weighted by atomic mass is 16.5. The first-order valence-corrected chi connectivity index (χ1v) is 5.59. The molecule has 0 aliphatic heterocycles. The van der Waals surface area contributed by atoms with Crippen LogP contribution in [0, 0.1) is 6.92 Å². The molecule has 0 saturated carbocycles. The van der Waals surface area contributed by atoms with Gasteiger partial charge in [0.15, 0.2) is 0 Å². The molecule has 0 aliphatic carbocycles. The SMILES string of the molecule is COc1ccc(CN)cc1Cn1nccc1C. The molecule has 0 radical (unpaired) electrons. The van der Waals surface area contributed by atoms with Gasteiger partial charge in [0.2, 0.25) is 0 Å². The van der Waals surface area contributed by atoms with Gasteiger partial charge in [0, 0.05) is 24.0 Å². The highest BCUT2D eigenvalue weighted by Gasteiger charge is 2.06. The molecule has 4 nitrogen and oxygen atoms in total. The molecule has 2 aromatic rings. The average Bonchev–Trinajstić information content (AvgIpc) is 2.75. The summed E-state index contributed by atoms with van der Waals surface area (Å²) in [6, 6.07) is 7.99. The van der Waals surface area contributed by atoms with Crippen molar-refractivity contribution < 1.29 is 4.74 Å². The van der Waals surface area contributed by atoms with E-state index in [1.54, 1.807) is 13.3 Å². The Hall–Kier alpha value is -1.81. The molecule has 2 rings (SSSR count). The molecule has 1 heterocycles. The standard InChI is InChI=1S/C13H17N3O/c1-10-5-6-15-16(10)9-12-7-11(8-14)3-4-13(12)17-2/h3-7H,8-9,14H2,1-2H3. The lowest BCUT2D eigenvalue weighted by molar-refractivity contribution is 0.407. The minimum Gasteiger partial charge on any atom is -0.496 e. The summed E-state index contributed by atoms with van der Waals surface area (Å²) in [7, 11) is 1.68. The lowest BCUT2D eigenvalue weighted by Crippen LogP contribution is -2.06. The van der Waals surface area contributed by atoms with Gasteiger partial charge in [0.05, 0.1) is 13.7 Å². The second kappa shape index (κ2) is 5.01. The Bertz CT molecular complexity index is 505. The maximum atomic E-state index is 5.65. The minimum atomic E-state index is 0.537. The van der Waals surface area contributed by atoms with Crippen molar-refractivity contribution in [3.63, 3.8) is 0 Å². The van der Waals surface area contributed by atoms with Crippen molar-refractivity contribution in [2.75, 3.05) is 7.11 Å². The summed E-state index contributed by atoms with van der Waals surface area (Å²) < 4.78 is 7.29. The van der Waals surface area contributed by atoms with Crippen LogP contribution in [0.4, 0.5) is 0 Å². The molecule has 0 atom stereocenters. The van der Waals surface area contributed by atoms with Gasteiger partial charge in [-0.3, -0.25) is 4.68 Å². The lowest BCUT2D eigenvalue weighted by Gasteiger charge is -2.11. The number of nitrogens with two attached hydrogens (primary N) is 1. The topological polar surface area (TPSA) is 53.1 Å². The monoisotopic (exact) mass is 231 g/mol. The van der Waals surface area contributed by atoms with Crippen LogP contribution in [0.2, 0.25) is 0 Å². The van der Waals surface area contributed by atoms with E-state index in [4.69, 9.17) is 10.5 Å². The summed E-state index contributed by atoms with van der Waals surface area (Å²) in [6.45, 7) is 3.27. The summed E-state index contributed by atoms with van der Waals surface area (Å²) in [5.74, 6) is 0.872. The van der Waals surface area contributed by atoms with Crippen LogP contribution in [0.1, 0.15) is 16.8 Å². The van der Waals surface area contributed by atoms with Crippen LogP contribution in [-0.4, -0.2) is 16.9 Å². The van der Waals surface area contributed by atoms with Gasteiger partial charge in [-0.25, -0.2) is 0 Å². The lowest BCUT2D eigenvalue weighted by atomic mass is 10.1. The number of rotatable bonds is 4. The Balaban J connectivity index is 2.33. The van der Waals surface area contributed by atoms with Crippen molar-refractivity contribution in [2.45, 2.75) is 20.0 Å². The van der Waals surface area contributed by atoms with Gasteiger partial charge >= 0.3 is 0 Å². The van der Waals surface area contributed by atoms with E-state index in [-0.39, 0.29) is 0 Å². The molecule has 0 bridgehead atoms. The van der Waals surface area contributed by atoms with Crippen molar-refractivity contribution in [3.8, 4) is 5.75 Å². The molecule has 0 fully saturated rings. The maximum Gasteiger partial charge on any atom is 0.123 e. The number of methoxy groups -OCH3 is 1. The van der Waals surface area contributed by atoms with Crippen LogP contribution in [0.5, 0.6) is 5.75 Å². The number of nitrogens with zero attached hydrogens (tertiary/aromatic N) is 2. The second-order valence-electron chi connectivity index (χ2n) is 3.98. The first-order chi connectivity index (χ1) is 8.24. The van der Waals surface area contributed by atoms with Crippen LogP contribution >= 0.6 is 0 Å². The van der Waals surface area contributed by atoms with Gasteiger partial charge in [-0.1, -0.05) is 6.07 Å². The van der Waals surface area contributed by atoms with Gasteiger partial charge < -0.3 is 10.5 Å². The fourth-order valence-electron chi connectivity index (χ4n) is 1.81. The van der Waals surface area contributed by atoms with Crippen molar-refractivity contribution in [2.24, 2.45) is 5.73 Å². The van der Waals surface area contributed by atoms with E-state index >= 15 is 0 Å². The van der Waals surface area contributed by atoms with E-state index in [9.17, 15) is 0 Å². The Morgan fingerprint density at radius 1 is 1.35 bits per heavy atom. The first-order valence-electron chi connectivity index (χ1n) is 5.59. The summed E-state index contributed by atoms with van der Waals surface area (Å²) in [6.07, 6.45) is 1.80. The van der Waals surface area contributed by atoms with Gasteiger partial charge in [0.1, 0.15) is 5.75 Å². The highest BCUT2D eigenvalue weighted by Crippen LogP contribution is 2.21. The third-order valence-electron chi connectivity index (χ3n) is 2.83. The van der Waals surface area contributed by atoms with Crippen molar-refractivity contribution in [3.05, 3.63) is 47.3 Å². The van der Waals surface area contributed by atoms with Crippen LogP contribution in [-0.2, 0) is 13.1 Å². The molecule has 1 aromatic heterocycles. The summed E-state index contributed by atoms with van der Waals surface area (Å²) in [5.41, 5.74) is 8.98. The third-order valence-corrected chi connectivity index (χ3v) is 2.83. The fourth-order valence-corrected chi connectivity index (χ4v) is 1.81. The van der Waals surface area contributed by atoms with Crippen molar-refractivity contribution >= 4 is 0 Å². The van der Waals surface area contributed by atoms with E-state index < -0.39 is 0 Å². The maximum absolute atomic E-state index is 5.65. The second-order valence-corrected chi connectivity index (χ2v) is 3.98. The molecule has 4 heteroatoms. The average molecular weight is 231 g/mol. The predicted molar refractivity (Wildman–Crippen MR) is 67.0 cm³/mol. The molecule has 1 aromatic carbocycles. The Kier molecular flexibility index (Phi) is 3.44. The van der Waals surface area contributed by atoms with Crippen molar-refractivity contribution in [1.29, 1.82) is 0 Å². The predicted octanol–water partition coefficient (Wildman–Crippen LogP) is 1.71. The summed E-state index contributed by atoms with van der Waals surface area (Å²) in [5, 5.41) is 4.27. The largest absolute Gasteiger partial charge is 0.496 e. The van der Waals surface area contributed by atoms with E-state index in [0.29, 0.717) is 13.1 Å². The minimum absolute atomic E-state index is 0.537. The van der Waals surface area contributed by atoms with Crippen LogP contribution in [0.3, 0.4) is 0 Å². The van der Waals surface area contributed by atoms with Gasteiger partial charge in [0.25, 0.3) is 0 Å². The third kappa shape index (κ3) is 2.47. The number of hydrogen-bond donors (Lipinski definition) is 1. The summed E-state index contributed by atoms with van der Waals surface area (Å²) in [4.78, 5) is 0. The molecule has 0 unspecified atom stereocenters. The van der Waals surface area contributed by atoms with Crippen molar-refractivity contribution in [1.82, 2.24) is 9.78 Å². The number of aryl methyl sites for hydroxylation is 1. The quantitative estimate of drug-likeness (QED) is 0.871. The molecule has 0 saturated heterocycles. The molecular weight excluding hydrogens is 214 g/mol. The Labute approximate surface area is 101 Å². The van der Waals surface area contributed by atoms with E-state index in [2.05, 4.69) is 11.2 Å². The molecule has 0 aliphatic rings. The zero-order chi connectivity index (χ0) is 12.3. The molecule has 2 N–H and O–H groups in total. The molecule has 0 amide bonds. The molecule has 17 heavy (non-hydrogen) atoms. The zero-order valence-electron chi connectivity index (χ0n) is 10.2. The Morgan fingerprint density at radius 3 is 2.76 bits per heavy atom. The number of ether oxygens (including phenoxy) is 1. The molecular formula is C13H17N3O. The van der Waals surface area contributed by atoms with Gasteiger partial charge in [-0.15, -0.1) is 0 Å². The van der Waals surface area contributed by atoms with Gasteiger partial charge in [-0.05, 0) is 30.7 Å². The molecule has 90 valence electrons. The first kappa shape index (κ1) is 11.7. The Morgan fingerprint density at radius 2 is 2.18 bits per heavy atom. The van der Waals surface area contributed by atoms with E-state index in [0.717, 1.165) is 22.6 Å². The highest BCUT2D eigenvalue weighted by molar-refractivity contribution is 5.37. The van der Waals surface area contributed by atoms with Crippen LogP contribution < -0.4 is 10.5 Å². The summed E-state index contributed by atoms with van der Waals surface area (Å²) >= 11 is 0. The normalized spacial score (nSPS) is 10.5. The van der Waals surface area contributed by atoms with Crippen LogP contribution in [0.15, 0.2) is 30.5 Å². The smallest absolute Gasteiger partial charge is 0.123 e. The van der Waals surface area contributed by atoms with Gasteiger partial charge in [-0.2, -0.15) is 5.10 Å². The van der Waals surface area contributed by atoms with Crippen LogP contribution in [0.25, 0.3) is 0 Å². The van der Waals surface area contributed by atoms with E-state index in [1.807, 2.05) is 29.8 Å². The fraction of sp³-hybridized carbons (Fsp3) is 0.308. The van der Waals surface area contributed by atoms with E-state index in [1.165, 1.54) is 0 Å². The zero-order valence-corrected chi connectivity index (χ0v) is 10.2. The number of benzene rings is 1. The number of aromatic nitrogens is 2.